The summed E-state index contributed by atoms with van der Waals surface area (Å²) in [5.41, 5.74) is 1.85. The lowest BCUT2D eigenvalue weighted by molar-refractivity contribution is -0.257. The lowest BCUT2D eigenvalue weighted by Crippen LogP contribution is -2.67. The molecular weight excluding hydrogens is 370 g/mol. The fourth-order valence-corrected chi connectivity index (χ4v) is 6.49. The van der Waals surface area contributed by atoms with E-state index in [4.69, 9.17) is 4.74 Å². The van der Waals surface area contributed by atoms with Crippen LogP contribution in [0.2, 0.25) is 0 Å². The van der Waals surface area contributed by atoms with Crippen LogP contribution in [0.25, 0.3) is 0 Å². The minimum atomic E-state index is -0.821. The van der Waals surface area contributed by atoms with E-state index < -0.39 is 5.60 Å². The molecule has 5 atom stereocenters. The summed E-state index contributed by atoms with van der Waals surface area (Å²) in [6.45, 7) is 8.98. The molecule has 3 fully saturated rings. The van der Waals surface area contributed by atoms with Gasteiger partial charge in [-0.05, 0) is 66.3 Å². The Bertz CT molecular complexity index is 864. The zero-order valence-electron chi connectivity index (χ0n) is 19.1. The highest BCUT2D eigenvalue weighted by atomic mass is 16.5. The Morgan fingerprint density at radius 1 is 1.07 bits per heavy atom. The van der Waals surface area contributed by atoms with E-state index in [2.05, 4.69) is 69.1 Å². The van der Waals surface area contributed by atoms with Crippen molar-refractivity contribution >= 4 is 0 Å². The molecule has 30 heavy (non-hydrogen) atoms. The fraction of sp³-hybridized carbons (Fsp3) is 0.556. The van der Waals surface area contributed by atoms with Crippen LogP contribution in [0.1, 0.15) is 38.3 Å². The van der Waals surface area contributed by atoms with Crippen LogP contribution in [0.4, 0.5) is 0 Å². The molecule has 0 heterocycles. The Morgan fingerprint density at radius 3 is 2.47 bits per heavy atom. The maximum absolute atomic E-state index is 12.3. The van der Waals surface area contributed by atoms with Crippen molar-refractivity contribution in [1.82, 2.24) is 4.90 Å². The monoisotopic (exact) mass is 407 g/mol. The molecule has 0 spiro atoms. The van der Waals surface area contributed by atoms with Crippen LogP contribution in [-0.2, 0) is 12.0 Å². The van der Waals surface area contributed by atoms with Gasteiger partial charge < -0.3 is 14.7 Å². The van der Waals surface area contributed by atoms with Gasteiger partial charge in [-0.2, -0.15) is 0 Å². The summed E-state index contributed by atoms with van der Waals surface area (Å²) in [6.07, 6.45) is 2.27. The summed E-state index contributed by atoms with van der Waals surface area (Å²) in [5, 5.41) is 12.3. The highest BCUT2D eigenvalue weighted by Gasteiger charge is 2.66. The number of hydrogen-bond donors (Lipinski definition) is 1. The van der Waals surface area contributed by atoms with Gasteiger partial charge in [0.15, 0.2) is 0 Å². The lowest BCUT2D eigenvalue weighted by Gasteiger charge is -2.68. The van der Waals surface area contributed by atoms with Crippen molar-refractivity contribution in [2.75, 3.05) is 27.2 Å². The molecule has 0 aromatic heterocycles. The quantitative estimate of drug-likeness (QED) is 0.702. The van der Waals surface area contributed by atoms with E-state index >= 15 is 0 Å². The second-order valence-electron chi connectivity index (χ2n) is 10.2. The minimum Gasteiger partial charge on any atom is -0.497 e. The largest absolute Gasteiger partial charge is 0.497 e. The second kappa shape index (κ2) is 8.01. The van der Waals surface area contributed by atoms with Crippen molar-refractivity contribution in [2.24, 2.45) is 29.1 Å². The van der Waals surface area contributed by atoms with Crippen LogP contribution < -0.4 is 4.74 Å². The molecule has 3 heteroatoms. The highest BCUT2D eigenvalue weighted by molar-refractivity contribution is 5.36. The van der Waals surface area contributed by atoms with E-state index in [0.717, 1.165) is 30.8 Å². The van der Waals surface area contributed by atoms with Crippen molar-refractivity contribution in [1.29, 1.82) is 0 Å². The molecule has 3 aliphatic carbocycles. The van der Waals surface area contributed by atoms with Crippen LogP contribution in [0.5, 0.6) is 5.75 Å². The minimum absolute atomic E-state index is 0.209. The number of aliphatic hydroxyl groups is 1. The van der Waals surface area contributed by atoms with Gasteiger partial charge in [0.2, 0.25) is 0 Å². The molecule has 5 rings (SSSR count). The van der Waals surface area contributed by atoms with E-state index in [-0.39, 0.29) is 17.3 Å². The molecule has 1 N–H and O–H groups in total. The molecule has 0 aliphatic heterocycles. The van der Waals surface area contributed by atoms with Crippen LogP contribution in [-0.4, -0.2) is 37.3 Å². The van der Waals surface area contributed by atoms with Crippen LogP contribution in [0.3, 0.4) is 0 Å². The van der Waals surface area contributed by atoms with Gasteiger partial charge in [0.05, 0.1) is 12.7 Å². The van der Waals surface area contributed by atoms with Gasteiger partial charge in [-0.3, -0.25) is 0 Å². The van der Waals surface area contributed by atoms with Gasteiger partial charge in [0.25, 0.3) is 0 Å². The molecule has 0 saturated heterocycles. The average molecular weight is 408 g/mol. The van der Waals surface area contributed by atoms with Crippen molar-refractivity contribution in [2.45, 2.75) is 39.2 Å². The molecule has 0 amide bonds. The predicted octanol–water partition coefficient (Wildman–Crippen LogP) is 4.99. The van der Waals surface area contributed by atoms with E-state index in [9.17, 15) is 5.11 Å². The zero-order chi connectivity index (χ0) is 21.5. The summed E-state index contributed by atoms with van der Waals surface area (Å²) < 4.78 is 5.49. The van der Waals surface area contributed by atoms with Crippen molar-refractivity contribution in [3.63, 3.8) is 0 Å². The van der Waals surface area contributed by atoms with Crippen molar-refractivity contribution < 1.29 is 9.84 Å². The van der Waals surface area contributed by atoms with Crippen LogP contribution in [0, 0.1) is 29.1 Å². The number of nitrogens with zero attached hydrogens (tertiary/aromatic N) is 1. The maximum Gasteiger partial charge on any atom is 0.119 e. The summed E-state index contributed by atoms with van der Waals surface area (Å²) >= 11 is 0. The first-order chi connectivity index (χ1) is 14.3. The van der Waals surface area contributed by atoms with E-state index in [0.29, 0.717) is 11.8 Å². The number of benzene rings is 2. The van der Waals surface area contributed by atoms with E-state index in [1.165, 1.54) is 12.0 Å². The van der Waals surface area contributed by atoms with Crippen LogP contribution >= 0.6 is 0 Å². The number of fused-ring (bicyclic) bond motifs is 2. The molecule has 3 nitrogen and oxygen atoms in total. The third-order valence-corrected chi connectivity index (χ3v) is 8.43. The Balaban J connectivity index is 1.59. The molecular formula is C27H37NO2. The number of likely N-dealkylation sites (N-methyl/N-ethyl adjacent to an activating group) is 1. The summed E-state index contributed by atoms with van der Waals surface area (Å²) in [4.78, 5) is 2.42. The van der Waals surface area contributed by atoms with Gasteiger partial charge in [-0.15, -0.1) is 0 Å². The van der Waals surface area contributed by atoms with Gasteiger partial charge >= 0.3 is 0 Å². The number of rotatable bonds is 7. The normalized spacial score (nSPS) is 32.0. The first-order valence-electron chi connectivity index (χ1n) is 11.4. The smallest absolute Gasteiger partial charge is 0.119 e. The molecule has 2 aromatic carbocycles. The fourth-order valence-electron chi connectivity index (χ4n) is 6.49. The Labute approximate surface area is 182 Å². The predicted molar refractivity (Wildman–Crippen MR) is 123 cm³/mol. The molecule has 2 aromatic rings. The number of methoxy groups -OCH3 is 1. The first kappa shape index (κ1) is 21.4. The molecule has 0 radical (unpaired) electrons. The second-order valence-corrected chi connectivity index (χ2v) is 10.2. The molecule has 3 saturated carbocycles. The number of hydrogen-bond acceptors (Lipinski definition) is 3. The summed E-state index contributed by atoms with van der Waals surface area (Å²) in [6, 6.07) is 18.8. The topological polar surface area (TPSA) is 32.7 Å². The van der Waals surface area contributed by atoms with Crippen molar-refractivity contribution in [3.8, 4) is 5.75 Å². The SMILES string of the molecule is COc1cccc([C@]2(O)[C@H](C)[C@H]3C[C@@H]([C@H]2CN(C)CCc2ccccc2)C3(C)C)c1. The Kier molecular flexibility index (Phi) is 5.71. The average Bonchev–Trinajstić information content (AvgIpc) is 2.75. The van der Waals surface area contributed by atoms with E-state index in [1.54, 1.807) is 7.11 Å². The van der Waals surface area contributed by atoms with Gasteiger partial charge in [-0.1, -0.05) is 63.2 Å². The van der Waals surface area contributed by atoms with Gasteiger partial charge in [0.1, 0.15) is 5.75 Å². The molecule has 0 unspecified atom stereocenters. The highest BCUT2D eigenvalue weighted by Crippen LogP contribution is 2.68. The van der Waals surface area contributed by atoms with Crippen LogP contribution in [0.15, 0.2) is 54.6 Å². The van der Waals surface area contributed by atoms with E-state index in [1.807, 2.05) is 18.2 Å². The lowest BCUT2D eigenvalue weighted by atomic mass is 9.38. The molecule has 162 valence electrons. The zero-order valence-corrected chi connectivity index (χ0v) is 19.1. The standard InChI is InChI=1S/C27H37NO2/c1-19-23-17-24(26(23,2)3)25(18-28(4)15-14-20-10-7-6-8-11-20)27(19,29)21-12-9-13-22(16-21)30-5/h6-13,16,19,23-25,29H,14-15,17-18H2,1-5H3/t19-,23-,24+,25-,27-/m1/s1. The first-order valence-corrected chi connectivity index (χ1v) is 11.4. The van der Waals surface area contributed by atoms with Gasteiger partial charge in [0, 0.05) is 19.0 Å². The third kappa shape index (κ3) is 3.46. The Morgan fingerprint density at radius 2 is 1.80 bits per heavy atom. The van der Waals surface area contributed by atoms with Gasteiger partial charge in [-0.25, -0.2) is 0 Å². The summed E-state index contributed by atoms with van der Waals surface area (Å²) in [7, 11) is 3.90. The summed E-state index contributed by atoms with van der Waals surface area (Å²) in [5.74, 6) is 2.35. The van der Waals surface area contributed by atoms with Crippen molar-refractivity contribution in [3.05, 3.63) is 65.7 Å². The maximum atomic E-state index is 12.3. The third-order valence-electron chi connectivity index (χ3n) is 8.43. The number of ether oxygens (including phenoxy) is 1. The Hall–Kier alpha value is -1.84. The molecule has 2 bridgehead atoms. The molecule has 3 aliphatic rings.